The number of halogens is 4. The third kappa shape index (κ3) is 1.46. The van der Waals surface area contributed by atoms with Crippen molar-refractivity contribution >= 4 is 27.5 Å². The summed E-state index contributed by atoms with van der Waals surface area (Å²) in [5.74, 6) is -3.26. The molecule has 0 atom stereocenters. The Kier molecular flexibility index (Phi) is 2.34. The summed E-state index contributed by atoms with van der Waals surface area (Å²) in [5.41, 5.74) is 0. The Balaban J connectivity index is 3.46. The van der Waals surface area contributed by atoms with Crippen LogP contribution in [0.4, 0.5) is 8.78 Å². The van der Waals surface area contributed by atoms with Crippen molar-refractivity contribution in [3.05, 3.63) is 27.2 Å². The number of rotatable bonds is 0. The summed E-state index contributed by atoms with van der Waals surface area (Å²) in [6.45, 7) is 0. The first-order valence-corrected chi connectivity index (χ1v) is 3.73. The van der Waals surface area contributed by atoms with Crippen LogP contribution < -0.4 is 0 Å². The summed E-state index contributed by atoms with van der Waals surface area (Å²) < 4.78 is 25.0. The van der Waals surface area contributed by atoms with Gasteiger partial charge in [0, 0.05) is 0 Å². The van der Waals surface area contributed by atoms with Crippen molar-refractivity contribution in [3.63, 3.8) is 0 Å². The quantitative estimate of drug-likeness (QED) is 0.694. The number of phenolic OH excluding ortho intramolecular Hbond substituents is 1. The Labute approximate surface area is 74.7 Å². The predicted molar refractivity (Wildman–Crippen MR) is 40.7 cm³/mol. The SMILES string of the molecule is Oc1c(F)c(Cl)cc(Br)c1F. The highest BCUT2D eigenvalue weighted by atomic mass is 79.9. The molecular weight excluding hydrogens is 241 g/mol. The van der Waals surface area contributed by atoms with Gasteiger partial charge in [-0.3, -0.25) is 0 Å². The third-order valence-electron chi connectivity index (χ3n) is 1.09. The van der Waals surface area contributed by atoms with Gasteiger partial charge in [-0.05, 0) is 22.0 Å². The summed E-state index contributed by atoms with van der Waals surface area (Å²) in [7, 11) is 0. The fourth-order valence-corrected chi connectivity index (χ4v) is 1.31. The molecule has 0 spiro atoms. The molecule has 0 saturated carbocycles. The monoisotopic (exact) mass is 242 g/mol. The van der Waals surface area contributed by atoms with Crippen LogP contribution in [0.1, 0.15) is 0 Å². The molecule has 0 saturated heterocycles. The van der Waals surface area contributed by atoms with Crippen LogP contribution in [-0.4, -0.2) is 5.11 Å². The van der Waals surface area contributed by atoms with Gasteiger partial charge in [-0.1, -0.05) is 11.6 Å². The summed E-state index contributed by atoms with van der Waals surface area (Å²) in [4.78, 5) is 0. The molecule has 60 valence electrons. The van der Waals surface area contributed by atoms with Gasteiger partial charge in [0.05, 0.1) is 9.50 Å². The van der Waals surface area contributed by atoms with Crippen LogP contribution in [0.25, 0.3) is 0 Å². The fraction of sp³-hybridized carbons (Fsp3) is 0. The zero-order valence-electron chi connectivity index (χ0n) is 5.04. The van der Waals surface area contributed by atoms with Gasteiger partial charge in [0.15, 0.2) is 17.4 Å². The second-order valence-electron chi connectivity index (χ2n) is 1.82. The van der Waals surface area contributed by atoms with E-state index in [1.807, 2.05) is 0 Å². The average Bonchev–Trinajstić information content (AvgIpc) is 1.97. The summed E-state index contributed by atoms with van der Waals surface area (Å²) in [6, 6.07) is 1.03. The van der Waals surface area contributed by atoms with Crippen molar-refractivity contribution in [3.8, 4) is 5.75 Å². The molecule has 0 aliphatic heterocycles. The third-order valence-corrected chi connectivity index (χ3v) is 1.94. The highest BCUT2D eigenvalue weighted by molar-refractivity contribution is 9.10. The van der Waals surface area contributed by atoms with E-state index in [9.17, 15) is 8.78 Å². The van der Waals surface area contributed by atoms with Crippen LogP contribution in [-0.2, 0) is 0 Å². The first-order valence-electron chi connectivity index (χ1n) is 2.56. The molecule has 1 N–H and O–H groups in total. The highest BCUT2D eigenvalue weighted by Crippen LogP contribution is 2.32. The lowest BCUT2D eigenvalue weighted by Gasteiger charge is -2.00. The van der Waals surface area contributed by atoms with Crippen LogP contribution in [0, 0.1) is 11.6 Å². The second kappa shape index (κ2) is 2.95. The van der Waals surface area contributed by atoms with Gasteiger partial charge >= 0.3 is 0 Å². The van der Waals surface area contributed by atoms with E-state index in [4.69, 9.17) is 16.7 Å². The minimum Gasteiger partial charge on any atom is -0.503 e. The normalized spacial score (nSPS) is 10.2. The molecule has 1 rings (SSSR count). The molecule has 0 aliphatic rings. The van der Waals surface area contributed by atoms with E-state index in [1.165, 1.54) is 0 Å². The van der Waals surface area contributed by atoms with E-state index < -0.39 is 17.4 Å². The Morgan fingerprint density at radius 2 is 1.91 bits per heavy atom. The van der Waals surface area contributed by atoms with Crippen molar-refractivity contribution < 1.29 is 13.9 Å². The molecule has 0 heterocycles. The van der Waals surface area contributed by atoms with Gasteiger partial charge < -0.3 is 5.11 Å². The summed E-state index contributed by atoms with van der Waals surface area (Å²) >= 11 is 8.00. The zero-order chi connectivity index (χ0) is 8.59. The minimum atomic E-state index is -1.15. The van der Waals surface area contributed by atoms with Gasteiger partial charge in [0.25, 0.3) is 0 Å². The predicted octanol–water partition coefficient (Wildman–Crippen LogP) is 3.09. The minimum absolute atomic E-state index is 0.0681. The van der Waals surface area contributed by atoms with Gasteiger partial charge in [-0.15, -0.1) is 0 Å². The Morgan fingerprint density at radius 3 is 2.45 bits per heavy atom. The van der Waals surface area contributed by atoms with Crippen molar-refractivity contribution in [1.29, 1.82) is 0 Å². The molecule has 0 unspecified atom stereocenters. The van der Waals surface area contributed by atoms with Crippen LogP contribution >= 0.6 is 27.5 Å². The van der Waals surface area contributed by atoms with Crippen molar-refractivity contribution in [2.75, 3.05) is 0 Å². The number of phenols is 1. The smallest absolute Gasteiger partial charge is 0.190 e. The van der Waals surface area contributed by atoms with E-state index in [1.54, 1.807) is 0 Å². The van der Waals surface area contributed by atoms with Gasteiger partial charge in [0.2, 0.25) is 0 Å². The van der Waals surface area contributed by atoms with Gasteiger partial charge in [-0.25, -0.2) is 8.78 Å². The summed E-state index contributed by atoms with van der Waals surface area (Å²) in [6.07, 6.45) is 0. The van der Waals surface area contributed by atoms with Crippen LogP contribution in [0.15, 0.2) is 10.5 Å². The van der Waals surface area contributed by atoms with Crippen molar-refractivity contribution in [2.45, 2.75) is 0 Å². The topological polar surface area (TPSA) is 20.2 Å². The molecule has 11 heavy (non-hydrogen) atoms. The van der Waals surface area contributed by atoms with E-state index in [0.29, 0.717) is 0 Å². The molecule has 1 aromatic rings. The fourth-order valence-electron chi connectivity index (χ4n) is 0.561. The molecule has 0 fully saturated rings. The standard InChI is InChI=1S/C6H2BrClF2O/c7-2-1-3(8)5(10)6(11)4(2)9/h1,11H. The highest BCUT2D eigenvalue weighted by Gasteiger charge is 2.14. The molecule has 0 bridgehead atoms. The molecule has 0 aliphatic carbocycles. The van der Waals surface area contributed by atoms with Crippen LogP contribution in [0.5, 0.6) is 5.75 Å². The molecule has 1 nitrogen and oxygen atoms in total. The van der Waals surface area contributed by atoms with E-state index in [-0.39, 0.29) is 9.50 Å². The van der Waals surface area contributed by atoms with Crippen LogP contribution in [0.3, 0.4) is 0 Å². The first kappa shape index (κ1) is 8.74. The molecule has 0 radical (unpaired) electrons. The molecule has 1 aromatic carbocycles. The number of hydrogen-bond acceptors (Lipinski definition) is 1. The maximum Gasteiger partial charge on any atom is 0.190 e. The lowest BCUT2D eigenvalue weighted by atomic mass is 10.3. The van der Waals surface area contributed by atoms with E-state index in [2.05, 4.69) is 15.9 Å². The molecule has 0 aromatic heterocycles. The van der Waals surface area contributed by atoms with Crippen LogP contribution in [0.2, 0.25) is 5.02 Å². The Morgan fingerprint density at radius 1 is 1.36 bits per heavy atom. The number of aromatic hydroxyl groups is 1. The number of benzene rings is 1. The molecule has 5 heteroatoms. The lowest BCUT2D eigenvalue weighted by molar-refractivity contribution is 0.395. The Bertz CT molecular complexity index is 277. The van der Waals surface area contributed by atoms with Crippen molar-refractivity contribution in [1.82, 2.24) is 0 Å². The maximum absolute atomic E-state index is 12.6. The number of hydrogen-bond donors (Lipinski definition) is 1. The van der Waals surface area contributed by atoms with E-state index >= 15 is 0 Å². The van der Waals surface area contributed by atoms with E-state index in [0.717, 1.165) is 6.07 Å². The molecular formula is C6H2BrClF2O. The molecule has 0 amide bonds. The lowest BCUT2D eigenvalue weighted by Crippen LogP contribution is -1.85. The summed E-state index contributed by atoms with van der Waals surface area (Å²) in [5, 5.41) is 8.38. The van der Waals surface area contributed by atoms with Crippen molar-refractivity contribution in [2.24, 2.45) is 0 Å². The zero-order valence-corrected chi connectivity index (χ0v) is 7.38. The maximum atomic E-state index is 12.6. The largest absolute Gasteiger partial charge is 0.503 e. The first-order chi connectivity index (χ1) is 5.04. The van der Waals surface area contributed by atoms with Gasteiger partial charge in [0.1, 0.15) is 0 Å². The second-order valence-corrected chi connectivity index (χ2v) is 3.08. The Hall–Kier alpha value is -0.350. The average molecular weight is 243 g/mol. The van der Waals surface area contributed by atoms with Gasteiger partial charge in [-0.2, -0.15) is 0 Å².